The maximum Gasteiger partial charge on any atom is 0.435 e. The number of hydrogen-bond donors (Lipinski definition) is 1. The molecule has 0 bridgehead atoms. The van der Waals surface area contributed by atoms with Gasteiger partial charge in [0.05, 0.1) is 12.8 Å². The van der Waals surface area contributed by atoms with Gasteiger partial charge < -0.3 is 10.1 Å². The maximum atomic E-state index is 12.7. The van der Waals surface area contributed by atoms with E-state index in [4.69, 9.17) is 4.74 Å². The minimum absolute atomic E-state index is 0.0405. The number of aromatic nitrogens is 2. The SMILES string of the molecule is CNCc1ccc(-n2nc(C(F)(F)F)cc2OC)cc1. The van der Waals surface area contributed by atoms with E-state index in [1.54, 1.807) is 12.1 Å². The first-order valence-corrected chi connectivity index (χ1v) is 5.91. The number of methoxy groups -OCH3 is 1. The molecule has 0 radical (unpaired) electrons. The minimum atomic E-state index is -4.50. The molecule has 2 aromatic rings. The van der Waals surface area contributed by atoms with E-state index in [-0.39, 0.29) is 5.88 Å². The van der Waals surface area contributed by atoms with Crippen LogP contribution in [0.2, 0.25) is 0 Å². The topological polar surface area (TPSA) is 39.1 Å². The van der Waals surface area contributed by atoms with Crippen LogP contribution >= 0.6 is 0 Å². The Balaban J connectivity index is 2.38. The zero-order valence-corrected chi connectivity index (χ0v) is 11.0. The smallest absolute Gasteiger partial charge is 0.435 e. The molecule has 7 heteroatoms. The molecular weight excluding hydrogens is 271 g/mol. The monoisotopic (exact) mass is 285 g/mol. The number of ether oxygens (including phenoxy) is 1. The van der Waals surface area contributed by atoms with Gasteiger partial charge in [0.1, 0.15) is 0 Å². The number of halogens is 3. The summed E-state index contributed by atoms with van der Waals surface area (Å²) >= 11 is 0. The molecule has 20 heavy (non-hydrogen) atoms. The molecule has 0 unspecified atom stereocenters. The standard InChI is InChI=1S/C13H14F3N3O/c1-17-8-9-3-5-10(6-4-9)19-12(20-2)7-11(18-19)13(14,15)16/h3-7,17H,8H2,1-2H3. The fourth-order valence-corrected chi connectivity index (χ4v) is 1.79. The summed E-state index contributed by atoms with van der Waals surface area (Å²) in [5.74, 6) is 0.0405. The number of hydrogen-bond acceptors (Lipinski definition) is 3. The summed E-state index contributed by atoms with van der Waals surface area (Å²) in [6.07, 6.45) is -4.50. The lowest BCUT2D eigenvalue weighted by molar-refractivity contribution is -0.141. The zero-order chi connectivity index (χ0) is 14.8. The average molecular weight is 285 g/mol. The third kappa shape index (κ3) is 2.93. The van der Waals surface area contributed by atoms with Crippen LogP contribution in [0.15, 0.2) is 30.3 Å². The average Bonchev–Trinajstić information content (AvgIpc) is 2.84. The molecule has 108 valence electrons. The highest BCUT2D eigenvalue weighted by Crippen LogP contribution is 2.31. The van der Waals surface area contributed by atoms with Crippen molar-refractivity contribution in [2.45, 2.75) is 12.7 Å². The van der Waals surface area contributed by atoms with E-state index in [9.17, 15) is 13.2 Å². The molecule has 0 atom stereocenters. The van der Waals surface area contributed by atoms with Crippen molar-refractivity contribution in [1.82, 2.24) is 15.1 Å². The van der Waals surface area contributed by atoms with Crippen molar-refractivity contribution in [2.24, 2.45) is 0 Å². The fraction of sp³-hybridized carbons (Fsp3) is 0.308. The van der Waals surface area contributed by atoms with Crippen LogP contribution in [0.5, 0.6) is 5.88 Å². The van der Waals surface area contributed by atoms with E-state index < -0.39 is 11.9 Å². The summed E-state index contributed by atoms with van der Waals surface area (Å²) in [4.78, 5) is 0. The Morgan fingerprint density at radius 1 is 1.25 bits per heavy atom. The van der Waals surface area contributed by atoms with Crippen LogP contribution in [0.1, 0.15) is 11.3 Å². The lowest BCUT2D eigenvalue weighted by atomic mass is 10.2. The molecule has 1 N–H and O–H groups in total. The number of nitrogens with one attached hydrogen (secondary N) is 1. The molecule has 1 aromatic carbocycles. The number of benzene rings is 1. The second-order valence-corrected chi connectivity index (χ2v) is 4.18. The van der Waals surface area contributed by atoms with Crippen molar-refractivity contribution >= 4 is 0 Å². The Kier molecular flexibility index (Phi) is 3.99. The van der Waals surface area contributed by atoms with Gasteiger partial charge in [-0.05, 0) is 24.7 Å². The summed E-state index contributed by atoms with van der Waals surface area (Å²) in [7, 11) is 3.13. The quantitative estimate of drug-likeness (QED) is 0.938. The highest BCUT2D eigenvalue weighted by Gasteiger charge is 2.35. The maximum absolute atomic E-state index is 12.7. The first-order chi connectivity index (χ1) is 9.45. The van der Waals surface area contributed by atoms with Gasteiger partial charge in [-0.2, -0.15) is 18.3 Å². The molecule has 4 nitrogen and oxygen atoms in total. The van der Waals surface area contributed by atoms with Crippen LogP contribution in [-0.2, 0) is 12.7 Å². The summed E-state index contributed by atoms with van der Waals surface area (Å²) in [6.45, 7) is 0.685. The highest BCUT2D eigenvalue weighted by atomic mass is 19.4. The van der Waals surface area contributed by atoms with E-state index in [0.29, 0.717) is 12.2 Å². The molecule has 0 amide bonds. The molecule has 0 saturated heterocycles. The molecule has 1 aromatic heterocycles. The van der Waals surface area contributed by atoms with E-state index >= 15 is 0 Å². The number of alkyl halides is 3. The number of nitrogens with zero attached hydrogens (tertiary/aromatic N) is 2. The molecular formula is C13H14F3N3O. The Bertz CT molecular complexity index is 576. The summed E-state index contributed by atoms with van der Waals surface area (Å²) in [6, 6.07) is 7.91. The van der Waals surface area contributed by atoms with Gasteiger partial charge in [0.25, 0.3) is 0 Å². The molecule has 0 saturated carbocycles. The van der Waals surface area contributed by atoms with Crippen molar-refractivity contribution in [1.29, 1.82) is 0 Å². The van der Waals surface area contributed by atoms with Crippen molar-refractivity contribution in [3.8, 4) is 11.6 Å². The third-order valence-corrected chi connectivity index (χ3v) is 2.74. The van der Waals surface area contributed by atoms with Crippen LogP contribution in [0, 0.1) is 0 Å². The van der Waals surface area contributed by atoms with Gasteiger partial charge in [-0.25, -0.2) is 4.68 Å². The van der Waals surface area contributed by atoms with E-state index in [1.807, 2.05) is 19.2 Å². The molecule has 0 spiro atoms. The summed E-state index contributed by atoms with van der Waals surface area (Å²) in [5, 5.41) is 6.54. The predicted octanol–water partition coefficient (Wildman–Crippen LogP) is 2.62. The second-order valence-electron chi connectivity index (χ2n) is 4.18. The normalized spacial score (nSPS) is 11.7. The van der Waals surface area contributed by atoms with Gasteiger partial charge in [0.2, 0.25) is 5.88 Å². The Morgan fingerprint density at radius 2 is 1.90 bits per heavy atom. The third-order valence-electron chi connectivity index (χ3n) is 2.74. The van der Waals surface area contributed by atoms with Gasteiger partial charge in [0.15, 0.2) is 5.69 Å². The predicted molar refractivity (Wildman–Crippen MR) is 67.9 cm³/mol. The van der Waals surface area contributed by atoms with Gasteiger partial charge >= 0.3 is 6.18 Å². The van der Waals surface area contributed by atoms with Crippen LogP contribution in [0.4, 0.5) is 13.2 Å². The Labute approximate surface area is 114 Å². The highest BCUT2D eigenvalue weighted by molar-refractivity contribution is 5.38. The first kappa shape index (κ1) is 14.4. The van der Waals surface area contributed by atoms with Crippen LogP contribution in [0.25, 0.3) is 5.69 Å². The summed E-state index contributed by atoms with van der Waals surface area (Å²) in [5.41, 5.74) is 0.560. The molecule has 0 fully saturated rings. The number of rotatable bonds is 4. The van der Waals surface area contributed by atoms with E-state index in [2.05, 4.69) is 10.4 Å². The van der Waals surface area contributed by atoms with Crippen LogP contribution in [0.3, 0.4) is 0 Å². The van der Waals surface area contributed by atoms with Gasteiger partial charge in [-0.1, -0.05) is 12.1 Å². The molecule has 0 aliphatic heterocycles. The zero-order valence-electron chi connectivity index (χ0n) is 11.0. The Morgan fingerprint density at radius 3 is 2.40 bits per heavy atom. The van der Waals surface area contributed by atoms with Gasteiger partial charge in [0, 0.05) is 12.6 Å². The van der Waals surface area contributed by atoms with Crippen LogP contribution < -0.4 is 10.1 Å². The van der Waals surface area contributed by atoms with E-state index in [1.165, 1.54) is 7.11 Å². The largest absolute Gasteiger partial charge is 0.481 e. The molecule has 0 aliphatic rings. The van der Waals surface area contributed by atoms with Crippen molar-refractivity contribution in [2.75, 3.05) is 14.2 Å². The molecule has 2 rings (SSSR count). The fourth-order valence-electron chi connectivity index (χ4n) is 1.79. The minimum Gasteiger partial charge on any atom is -0.481 e. The lowest BCUT2D eigenvalue weighted by Crippen LogP contribution is -2.08. The molecule has 1 heterocycles. The van der Waals surface area contributed by atoms with Gasteiger partial charge in [-0.15, -0.1) is 0 Å². The summed E-state index contributed by atoms with van der Waals surface area (Å²) < 4.78 is 44.0. The molecule has 0 aliphatic carbocycles. The Hall–Kier alpha value is -2.02. The van der Waals surface area contributed by atoms with Crippen molar-refractivity contribution in [3.05, 3.63) is 41.6 Å². The first-order valence-electron chi connectivity index (χ1n) is 5.91. The van der Waals surface area contributed by atoms with Gasteiger partial charge in [-0.3, -0.25) is 0 Å². The van der Waals surface area contributed by atoms with Crippen molar-refractivity contribution in [3.63, 3.8) is 0 Å². The second kappa shape index (κ2) is 5.54. The van der Waals surface area contributed by atoms with Crippen LogP contribution in [-0.4, -0.2) is 23.9 Å². The van der Waals surface area contributed by atoms with E-state index in [0.717, 1.165) is 16.3 Å². The van der Waals surface area contributed by atoms with Crippen molar-refractivity contribution < 1.29 is 17.9 Å². The lowest BCUT2D eigenvalue weighted by Gasteiger charge is -2.07.